The number of nitrogens with one attached hydrogen (secondary N) is 2. The third-order valence-electron chi connectivity index (χ3n) is 4.15. The van der Waals surface area contributed by atoms with Gasteiger partial charge in [0, 0.05) is 33.1 Å². The predicted molar refractivity (Wildman–Crippen MR) is 91.2 cm³/mol. The Hall–Kier alpha value is -1.49. The number of guanidine groups is 1. The van der Waals surface area contributed by atoms with Gasteiger partial charge in [-0.2, -0.15) is 0 Å². The highest BCUT2D eigenvalue weighted by Gasteiger charge is 2.15. The highest BCUT2D eigenvalue weighted by Crippen LogP contribution is 2.15. The fraction of sp³-hybridized carbons (Fsp3) is 0.706. The Labute approximate surface area is 134 Å². The molecule has 5 heteroatoms. The van der Waals surface area contributed by atoms with Crippen LogP contribution >= 0.6 is 0 Å². The van der Waals surface area contributed by atoms with Crippen LogP contribution in [0.1, 0.15) is 31.9 Å². The lowest BCUT2D eigenvalue weighted by Gasteiger charge is -2.30. The number of hydrogen-bond donors (Lipinski definition) is 2. The van der Waals surface area contributed by atoms with Crippen LogP contribution in [0, 0.1) is 5.92 Å². The van der Waals surface area contributed by atoms with Gasteiger partial charge in [0.2, 0.25) is 0 Å². The van der Waals surface area contributed by atoms with Gasteiger partial charge in [0.25, 0.3) is 0 Å². The Morgan fingerprint density at radius 2 is 2.27 bits per heavy atom. The molecule has 2 N–H and O–H groups in total. The molecular formula is C17H30N4O. The lowest BCUT2D eigenvalue weighted by Crippen LogP contribution is -2.40. The molecule has 1 aliphatic rings. The van der Waals surface area contributed by atoms with Crippen molar-refractivity contribution in [2.75, 3.05) is 39.8 Å². The smallest absolute Gasteiger partial charge is 0.190 e. The summed E-state index contributed by atoms with van der Waals surface area (Å²) >= 11 is 0. The number of rotatable bonds is 7. The minimum absolute atomic E-state index is 0.830. The summed E-state index contributed by atoms with van der Waals surface area (Å²) in [5, 5.41) is 6.70. The first kappa shape index (κ1) is 16.9. The Balaban J connectivity index is 1.54. The summed E-state index contributed by atoms with van der Waals surface area (Å²) in [5.41, 5.74) is 0. The Kier molecular flexibility index (Phi) is 7.30. The zero-order valence-electron chi connectivity index (χ0n) is 14.0. The summed E-state index contributed by atoms with van der Waals surface area (Å²) in [5.74, 6) is 2.73. The van der Waals surface area contributed by atoms with E-state index in [1.165, 1.54) is 32.5 Å². The molecule has 0 bridgehead atoms. The van der Waals surface area contributed by atoms with E-state index in [1.807, 2.05) is 19.2 Å². The Bertz CT molecular complexity index is 430. The summed E-state index contributed by atoms with van der Waals surface area (Å²) in [4.78, 5) is 6.84. The highest BCUT2D eigenvalue weighted by molar-refractivity contribution is 5.79. The van der Waals surface area contributed by atoms with Crippen LogP contribution < -0.4 is 10.6 Å². The van der Waals surface area contributed by atoms with Gasteiger partial charge in [-0.15, -0.1) is 0 Å². The molecule has 2 rings (SSSR count). The summed E-state index contributed by atoms with van der Waals surface area (Å²) in [6.45, 7) is 7.86. The monoisotopic (exact) mass is 306 g/mol. The molecule has 5 nitrogen and oxygen atoms in total. The molecule has 124 valence electrons. The van der Waals surface area contributed by atoms with Gasteiger partial charge < -0.3 is 20.0 Å². The van der Waals surface area contributed by atoms with Gasteiger partial charge in [-0.25, -0.2) is 0 Å². The Morgan fingerprint density at radius 3 is 3.00 bits per heavy atom. The van der Waals surface area contributed by atoms with Crippen molar-refractivity contribution in [3.05, 3.63) is 24.2 Å². The van der Waals surface area contributed by atoms with Crippen molar-refractivity contribution in [2.24, 2.45) is 10.9 Å². The average molecular weight is 306 g/mol. The van der Waals surface area contributed by atoms with Gasteiger partial charge in [0.15, 0.2) is 5.96 Å². The second kappa shape index (κ2) is 9.51. The summed E-state index contributed by atoms with van der Waals surface area (Å²) in [7, 11) is 1.81. The molecule has 0 amide bonds. The number of aliphatic imine (C=N–C) groups is 1. The quantitative estimate of drug-likeness (QED) is 0.460. The third-order valence-corrected chi connectivity index (χ3v) is 4.15. The normalized spacial score (nSPS) is 20.1. The van der Waals surface area contributed by atoms with Crippen molar-refractivity contribution >= 4 is 5.96 Å². The predicted octanol–water partition coefficient (Wildman–Crippen LogP) is 2.11. The first-order valence-electron chi connectivity index (χ1n) is 8.47. The molecule has 1 aromatic rings. The maximum Gasteiger partial charge on any atom is 0.190 e. The van der Waals surface area contributed by atoms with Gasteiger partial charge in [0.05, 0.1) is 6.26 Å². The van der Waals surface area contributed by atoms with Gasteiger partial charge in [-0.05, 0) is 50.4 Å². The molecule has 1 aliphatic heterocycles. The van der Waals surface area contributed by atoms with Crippen LogP contribution in [0.3, 0.4) is 0 Å². The van der Waals surface area contributed by atoms with Crippen LogP contribution in [-0.2, 0) is 6.42 Å². The van der Waals surface area contributed by atoms with E-state index in [0.717, 1.165) is 43.6 Å². The van der Waals surface area contributed by atoms with Gasteiger partial charge in [0.1, 0.15) is 5.76 Å². The first-order chi connectivity index (χ1) is 10.8. The van der Waals surface area contributed by atoms with Gasteiger partial charge in [-0.1, -0.05) is 6.92 Å². The summed E-state index contributed by atoms with van der Waals surface area (Å²) in [6.07, 6.45) is 6.49. The minimum atomic E-state index is 0.830. The van der Waals surface area contributed by atoms with E-state index < -0.39 is 0 Å². The van der Waals surface area contributed by atoms with Crippen LogP contribution in [0.15, 0.2) is 27.8 Å². The molecule has 0 radical (unpaired) electrons. The molecule has 0 aliphatic carbocycles. The average Bonchev–Trinajstić information content (AvgIpc) is 3.03. The maximum atomic E-state index is 5.32. The lowest BCUT2D eigenvalue weighted by atomic mass is 10.0. The van der Waals surface area contributed by atoms with E-state index >= 15 is 0 Å². The molecule has 2 heterocycles. The Morgan fingerprint density at radius 1 is 1.41 bits per heavy atom. The van der Waals surface area contributed by atoms with E-state index in [0.29, 0.717) is 0 Å². The second-order valence-corrected chi connectivity index (χ2v) is 6.16. The molecule has 1 fully saturated rings. The van der Waals surface area contributed by atoms with E-state index in [-0.39, 0.29) is 0 Å². The van der Waals surface area contributed by atoms with Crippen LogP contribution in [-0.4, -0.2) is 50.6 Å². The molecule has 1 saturated heterocycles. The molecule has 1 unspecified atom stereocenters. The molecule has 0 saturated carbocycles. The van der Waals surface area contributed by atoms with E-state index in [1.54, 1.807) is 6.26 Å². The van der Waals surface area contributed by atoms with Crippen LogP contribution in [0.4, 0.5) is 0 Å². The SMILES string of the molecule is CN=C(NCCCN1CCCC(C)C1)NCCc1ccco1. The number of hydrogen-bond acceptors (Lipinski definition) is 3. The van der Waals surface area contributed by atoms with Gasteiger partial charge >= 0.3 is 0 Å². The summed E-state index contributed by atoms with van der Waals surface area (Å²) < 4.78 is 5.32. The number of likely N-dealkylation sites (tertiary alicyclic amines) is 1. The largest absolute Gasteiger partial charge is 0.469 e. The number of nitrogens with zero attached hydrogens (tertiary/aromatic N) is 2. The fourth-order valence-corrected chi connectivity index (χ4v) is 2.98. The van der Waals surface area contributed by atoms with Crippen LogP contribution in [0.5, 0.6) is 0 Å². The summed E-state index contributed by atoms with van der Waals surface area (Å²) in [6, 6.07) is 3.92. The molecule has 1 atom stereocenters. The van der Waals surface area contributed by atoms with Crippen molar-refractivity contribution in [1.82, 2.24) is 15.5 Å². The first-order valence-corrected chi connectivity index (χ1v) is 8.47. The van der Waals surface area contributed by atoms with Crippen molar-refractivity contribution in [3.63, 3.8) is 0 Å². The van der Waals surface area contributed by atoms with Crippen LogP contribution in [0.2, 0.25) is 0 Å². The zero-order valence-corrected chi connectivity index (χ0v) is 14.0. The van der Waals surface area contributed by atoms with Gasteiger partial charge in [-0.3, -0.25) is 4.99 Å². The van der Waals surface area contributed by atoms with E-state index in [2.05, 4.69) is 27.4 Å². The fourth-order valence-electron chi connectivity index (χ4n) is 2.98. The maximum absolute atomic E-state index is 5.32. The molecule has 22 heavy (non-hydrogen) atoms. The van der Waals surface area contributed by atoms with Crippen molar-refractivity contribution in [1.29, 1.82) is 0 Å². The lowest BCUT2D eigenvalue weighted by molar-refractivity contribution is 0.182. The second-order valence-electron chi connectivity index (χ2n) is 6.16. The van der Waals surface area contributed by atoms with Crippen molar-refractivity contribution in [3.8, 4) is 0 Å². The van der Waals surface area contributed by atoms with Crippen LogP contribution in [0.25, 0.3) is 0 Å². The molecule has 1 aromatic heterocycles. The molecule has 0 spiro atoms. The topological polar surface area (TPSA) is 52.8 Å². The van der Waals surface area contributed by atoms with E-state index in [9.17, 15) is 0 Å². The van der Waals surface area contributed by atoms with Crippen molar-refractivity contribution < 1.29 is 4.42 Å². The molecular weight excluding hydrogens is 276 g/mol. The molecule has 0 aromatic carbocycles. The van der Waals surface area contributed by atoms with E-state index in [4.69, 9.17) is 4.42 Å². The third kappa shape index (κ3) is 6.10. The zero-order chi connectivity index (χ0) is 15.6. The number of furan rings is 1. The highest BCUT2D eigenvalue weighted by atomic mass is 16.3. The van der Waals surface area contributed by atoms with Crippen molar-refractivity contribution in [2.45, 2.75) is 32.6 Å². The minimum Gasteiger partial charge on any atom is -0.469 e. The standard InChI is InChI=1S/C17H30N4O/c1-15-6-3-11-21(14-15)12-5-9-19-17(18-2)20-10-8-16-7-4-13-22-16/h4,7,13,15H,3,5-6,8-12,14H2,1-2H3,(H2,18,19,20). The number of piperidine rings is 1.